The van der Waals surface area contributed by atoms with Crippen molar-refractivity contribution in [1.29, 1.82) is 0 Å². The molecule has 13 heteroatoms. The molecule has 0 amide bonds. The molecule has 0 bridgehead atoms. The van der Waals surface area contributed by atoms with Crippen LogP contribution in [0.1, 0.15) is 28.7 Å². The quantitative estimate of drug-likeness (QED) is 0.0606. The zero-order valence-corrected chi connectivity index (χ0v) is 25.0. The van der Waals surface area contributed by atoms with Crippen molar-refractivity contribution in [3.05, 3.63) is 119 Å². The highest BCUT2D eigenvalue weighted by molar-refractivity contribution is 8.17. The van der Waals surface area contributed by atoms with Crippen LogP contribution < -0.4 is 0 Å². The summed E-state index contributed by atoms with van der Waals surface area (Å²) in [4.78, 5) is 5.28. The Balaban J connectivity index is 1.73. The molecule has 0 spiro atoms. The van der Waals surface area contributed by atoms with Gasteiger partial charge in [0.05, 0.1) is 32.0 Å². The van der Waals surface area contributed by atoms with Gasteiger partial charge in [0, 0.05) is 21.1 Å². The van der Waals surface area contributed by atoms with Crippen LogP contribution in [0.3, 0.4) is 0 Å². The highest BCUT2D eigenvalue weighted by Gasteiger charge is 2.33. The second-order valence-electron chi connectivity index (χ2n) is 9.39. The number of hydrogen-bond acceptors (Lipinski definition) is 4. The largest absolute Gasteiger partial charge is 0.416 e. The van der Waals surface area contributed by atoms with Crippen molar-refractivity contribution in [3.8, 4) is 0 Å². The van der Waals surface area contributed by atoms with Crippen LogP contribution in [-0.2, 0) is 18.5 Å². The van der Waals surface area contributed by atoms with Crippen LogP contribution in [0.25, 0.3) is 0 Å². The number of alkyl halides is 9. The van der Waals surface area contributed by atoms with Crippen molar-refractivity contribution >= 4 is 46.0 Å². The lowest BCUT2D eigenvalue weighted by Gasteiger charge is -2.19. The van der Waals surface area contributed by atoms with E-state index in [9.17, 15) is 39.5 Å². The molecule has 1 nitrogen and oxygen atoms in total. The summed E-state index contributed by atoms with van der Waals surface area (Å²) >= 11 is 2.93. The molecular weight excluding hydrogens is 654 g/mol. The van der Waals surface area contributed by atoms with E-state index in [-0.39, 0.29) is 21.1 Å². The van der Waals surface area contributed by atoms with Crippen LogP contribution in [0.2, 0.25) is 0 Å². The molecule has 0 aromatic heterocycles. The molecule has 0 heterocycles. The molecule has 44 heavy (non-hydrogen) atoms. The van der Waals surface area contributed by atoms with E-state index in [4.69, 9.17) is 0 Å². The Bertz CT molecular complexity index is 1540. The minimum absolute atomic E-state index is 0.00336. The molecule has 0 saturated heterocycles. The number of halogens is 9. The Kier molecular flexibility index (Phi) is 10.7. The maximum Gasteiger partial charge on any atom is 0.416 e. The monoisotopic (exact) mass is 675 g/mol. The highest BCUT2D eigenvalue weighted by Crippen LogP contribution is 2.43. The highest BCUT2D eigenvalue weighted by atomic mass is 32.2. The zero-order chi connectivity index (χ0) is 32.1. The van der Waals surface area contributed by atoms with E-state index in [1.807, 2.05) is 6.92 Å². The maximum atomic E-state index is 13.4. The molecular formula is C31H22F9NS3. The molecule has 0 unspecified atom stereocenters. The second kappa shape index (κ2) is 13.9. The van der Waals surface area contributed by atoms with Gasteiger partial charge in [-0.25, -0.2) is 4.99 Å². The molecule has 0 aliphatic carbocycles. The zero-order valence-electron chi connectivity index (χ0n) is 22.6. The predicted molar refractivity (Wildman–Crippen MR) is 159 cm³/mol. The summed E-state index contributed by atoms with van der Waals surface area (Å²) in [5.74, 6) is 0. The summed E-state index contributed by atoms with van der Waals surface area (Å²) in [6.07, 6.45) is -13.8. The SMILES string of the molecule is Cc1ccc(N=C(CC(Sc2cccc(C(F)(F)F)c2)Sc2cccc(C(F)(F)F)c2)Sc2cccc(C(F)(F)F)c2)cc1. The van der Waals surface area contributed by atoms with E-state index in [0.29, 0.717) is 10.7 Å². The van der Waals surface area contributed by atoms with Crippen LogP contribution in [0, 0.1) is 6.92 Å². The topological polar surface area (TPSA) is 12.4 Å². The van der Waals surface area contributed by atoms with Crippen molar-refractivity contribution in [2.75, 3.05) is 0 Å². The molecule has 4 aromatic rings. The van der Waals surface area contributed by atoms with E-state index < -0.39 is 39.8 Å². The smallest absolute Gasteiger partial charge is 0.246 e. The summed E-state index contributed by atoms with van der Waals surface area (Å²) in [6, 6.07) is 20.7. The van der Waals surface area contributed by atoms with Gasteiger partial charge in [-0.1, -0.05) is 47.7 Å². The first kappa shape index (κ1) is 33.9. The van der Waals surface area contributed by atoms with Crippen molar-refractivity contribution in [3.63, 3.8) is 0 Å². The number of aryl methyl sites for hydroxylation is 1. The molecule has 0 aliphatic rings. The molecule has 0 N–H and O–H groups in total. The number of thioether (sulfide) groups is 3. The van der Waals surface area contributed by atoms with Crippen molar-refractivity contribution < 1.29 is 39.5 Å². The number of rotatable bonds is 8. The predicted octanol–water partition coefficient (Wildman–Crippen LogP) is 12.2. The van der Waals surface area contributed by atoms with Crippen LogP contribution in [-0.4, -0.2) is 9.63 Å². The van der Waals surface area contributed by atoms with Gasteiger partial charge in [0.1, 0.15) is 0 Å². The molecule has 232 valence electrons. The first-order chi connectivity index (χ1) is 20.6. The van der Waals surface area contributed by atoms with Gasteiger partial charge in [-0.2, -0.15) is 39.5 Å². The fourth-order valence-electron chi connectivity index (χ4n) is 3.79. The van der Waals surface area contributed by atoms with E-state index in [1.165, 1.54) is 36.4 Å². The third kappa shape index (κ3) is 10.00. The first-order valence-electron chi connectivity index (χ1n) is 12.7. The second-order valence-corrected chi connectivity index (χ2v) is 13.4. The van der Waals surface area contributed by atoms with Gasteiger partial charge in [-0.05, 0) is 73.7 Å². The Hall–Kier alpha value is -3.03. The number of aliphatic imine (C=N–C) groups is 1. The molecule has 0 radical (unpaired) electrons. The van der Waals surface area contributed by atoms with Gasteiger partial charge in [-0.3, -0.25) is 0 Å². The molecule has 0 aliphatic heterocycles. The number of benzene rings is 4. The minimum atomic E-state index is -4.61. The lowest BCUT2D eigenvalue weighted by Crippen LogP contribution is -2.08. The molecule has 4 rings (SSSR count). The Morgan fingerprint density at radius 1 is 0.591 bits per heavy atom. The third-order valence-electron chi connectivity index (χ3n) is 5.88. The fraction of sp³-hybridized carbons (Fsp3) is 0.194. The van der Waals surface area contributed by atoms with Gasteiger partial charge in [0.25, 0.3) is 0 Å². The lowest BCUT2D eigenvalue weighted by molar-refractivity contribution is -0.138. The van der Waals surface area contributed by atoms with Crippen molar-refractivity contribution in [2.24, 2.45) is 4.99 Å². The van der Waals surface area contributed by atoms with E-state index in [1.54, 1.807) is 24.3 Å². The van der Waals surface area contributed by atoms with Crippen molar-refractivity contribution in [2.45, 2.75) is 51.1 Å². The molecule has 0 saturated carbocycles. The Morgan fingerprint density at radius 2 is 1.00 bits per heavy atom. The van der Waals surface area contributed by atoms with Crippen molar-refractivity contribution in [1.82, 2.24) is 0 Å². The van der Waals surface area contributed by atoms with Gasteiger partial charge in [0.2, 0.25) is 0 Å². The van der Waals surface area contributed by atoms with Crippen LogP contribution >= 0.6 is 35.3 Å². The van der Waals surface area contributed by atoms with Gasteiger partial charge in [-0.15, -0.1) is 23.5 Å². The minimum Gasteiger partial charge on any atom is -0.246 e. The summed E-state index contributed by atoms with van der Waals surface area (Å²) in [5, 5.41) is 0.317. The van der Waals surface area contributed by atoms with Crippen LogP contribution in [0.5, 0.6) is 0 Å². The summed E-state index contributed by atoms with van der Waals surface area (Å²) in [6.45, 7) is 1.86. The third-order valence-corrected chi connectivity index (χ3v) is 9.36. The Morgan fingerprint density at radius 3 is 1.43 bits per heavy atom. The number of nitrogens with zero attached hydrogens (tertiary/aromatic N) is 1. The Labute approximate surface area is 260 Å². The summed E-state index contributed by atoms with van der Waals surface area (Å²) in [5.41, 5.74) is -1.23. The summed E-state index contributed by atoms with van der Waals surface area (Å²) < 4.78 is 120. The molecule has 4 aromatic carbocycles. The number of hydrogen-bond donors (Lipinski definition) is 0. The fourth-order valence-corrected chi connectivity index (χ4v) is 7.66. The average Bonchev–Trinajstić information content (AvgIpc) is 2.93. The maximum absolute atomic E-state index is 13.4. The lowest BCUT2D eigenvalue weighted by atomic mass is 10.2. The van der Waals surface area contributed by atoms with E-state index >= 15 is 0 Å². The molecule has 0 fully saturated rings. The normalized spacial score (nSPS) is 13.0. The first-order valence-corrected chi connectivity index (χ1v) is 15.3. The van der Waals surface area contributed by atoms with Crippen LogP contribution in [0.15, 0.2) is 117 Å². The standard InChI is InChI=1S/C31H22F9NS3/c1-19-11-13-23(14-12-19)41-27(42-24-8-2-5-20(15-24)29(32,33)34)18-28(43-25-9-3-6-21(16-25)30(35,36)37)44-26-10-4-7-22(17-26)31(38,39)40/h2-17,28H,18H2,1H3. The summed E-state index contributed by atoms with van der Waals surface area (Å²) in [7, 11) is 0. The van der Waals surface area contributed by atoms with Crippen LogP contribution in [0.4, 0.5) is 45.2 Å². The van der Waals surface area contributed by atoms with E-state index in [0.717, 1.165) is 77.2 Å². The van der Waals surface area contributed by atoms with Gasteiger partial charge in [0.15, 0.2) is 0 Å². The molecule has 0 atom stereocenters. The van der Waals surface area contributed by atoms with E-state index in [2.05, 4.69) is 4.99 Å². The van der Waals surface area contributed by atoms with Gasteiger partial charge < -0.3 is 0 Å². The van der Waals surface area contributed by atoms with Gasteiger partial charge >= 0.3 is 18.5 Å². The average molecular weight is 676 g/mol.